The van der Waals surface area contributed by atoms with Crippen molar-refractivity contribution in [3.8, 4) is 11.3 Å². The van der Waals surface area contributed by atoms with Gasteiger partial charge in [0.05, 0.1) is 28.1 Å². The quantitative estimate of drug-likeness (QED) is 0.249. The topological polar surface area (TPSA) is 51.1 Å². The molecule has 170 valence electrons. The summed E-state index contributed by atoms with van der Waals surface area (Å²) in [7, 11) is 0. The fourth-order valence-electron chi connectivity index (χ4n) is 5.09. The molecule has 0 N–H and O–H groups in total. The van der Waals surface area contributed by atoms with Crippen molar-refractivity contribution in [3.05, 3.63) is 41.5 Å². The highest BCUT2D eigenvalue weighted by Crippen LogP contribution is 2.45. The first-order chi connectivity index (χ1) is 16.0. The Hall–Kier alpha value is -2.22. The summed E-state index contributed by atoms with van der Waals surface area (Å²) in [5, 5.41) is 2.05. The lowest BCUT2D eigenvalue weighted by atomic mass is 9.88. The first-order valence-electron chi connectivity index (χ1n) is 11.7. The first kappa shape index (κ1) is 21.3. The molecule has 5 nitrogen and oxygen atoms in total. The standard InChI is InChI=1S/C26H28N4OS2/c1-26(2)14-17-18(15-31-26)20(16-10-6-4-7-11-16)27-24-19(17)21-22(33-24)23(29-25(28-21)32-3)30-12-8-5-9-13-30/h4,6-7,10-11H,5,8-9,12-15H2,1-3H3. The van der Waals surface area contributed by atoms with Crippen LogP contribution in [0.15, 0.2) is 35.5 Å². The summed E-state index contributed by atoms with van der Waals surface area (Å²) >= 11 is 3.38. The van der Waals surface area contributed by atoms with Crippen LogP contribution in [0, 0.1) is 0 Å². The number of thioether (sulfide) groups is 1. The van der Waals surface area contributed by atoms with Gasteiger partial charge in [0, 0.05) is 36.0 Å². The molecule has 33 heavy (non-hydrogen) atoms. The van der Waals surface area contributed by atoms with Crippen molar-refractivity contribution in [2.24, 2.45) is 0 Å². The molecule has 7 heteroatoms. The lowest BCUT2D eigenvalue weighted by Crippen LogP contribution is -2.32. The average molecular weight is 477 g/mol. The van der Waals surface area contributed by atoms with Crippen LogP contribution >= 0.6 is 23.1 Å². The molecule has 2 aliphatic rings. The van der Waals surface area contributed by atoms with Gasteiger partial charge in [0.25, 0.3) is 0 Å². The Morgan fingerprint density at radius 1 is 1.00 bits per heavy atom. The van der Waals surface area contributed by atoms with E-state index in [4.69, 9.17) is 19.7 Å². The Morgan fingerprint density at radius 3 is 2.55 bits per heavy atom. The third-order valence-electron chi connectivity index (χ3n) is 6.74. The molecule has 2 aliphatic heterocycles. The summed E-state index contributed by atoms with van der Waals surface area (Å²) in [6.45, 7) is 7.07. The Bertz CT molecular complexity index is 1340. The van der Waals surface area contributed by atoms with E-state index in [-0.39, 0.29) is 5.60 Å². The molecule has 1 saturated heterocycles. The molecule has 0 amide bonds. The number of hydrogen-bond donors (Lipinski definition) is 0. The van der Waals surface area contributed by atoms with E-state index >= 15 is 0 Å². The van der Waals surface area contributed by atoms with Crippen LogP contribution in [0.2, 0.25) is 0 Å². The summed E-state index contributed by atoms with van der Waals surface area (Å²) in [5.41, 5.74) is 5.58. The number of aromatic nitrogens is 3. The Labute approximate surface area is 202 Å². The highest BCUT2D eigenvalue weighted by atomic mass is 32.2. The Morgan fingerprint density at radius 2 is 1.79 bits per heavy atom. The van der Waals surface area contributed by atoms with Gasteiger partial charge in [0.15, 0.2) is 11.0 Å². The summed E-state index contributed by atoms with van der Waals surface area (Å²) in [5.74, 6) is 1.09. The Kier molecular flexibility index (Phi) is 5.31. The van der Waals surface area contributed by atoms with Crippen molar-refractivity contribution >= 4 is 49.3 Å². The molecule has 0 unspecified atom stereocenters. The van der Waals surface area contributed by atoms with Gasteiger partial charge in [-0.2, -0.15) is 0 Å². The molecule has 5 heterocycles. The largest absolute Gasteiger partial charge is 0.370 e. The smallest absolute Gasteiger partial charge is 0.189 e. The second kappa shape index (κ2) is 8.22. The molecule has 1 fully saturated rings. The highest BCUT2D eigenvalue weighted by molar-refractivity contribution is 7.98. The van der Waals surface area contributed by atoms with Crippen LogP contribution in [-0.2, 0) is 17.8 Å². The molecule has 0 atom stereocenters. The summed E-state index contributed by atoms with van der Waals surface area (Å²) in [6.07, 6.45) is 6.67. The van der Waals surface area contributed by atoms with Gasteiger partial charge in [0.1, 0.15) is 4.83 Å². The van der Waals surface area contributed by atoms with Gasteiger partial charge in [-0.25, -0.2) is 15.0 Å². The number of anilines is 1. The maximum absolute atomic E-state index is 6.27. The summed E-state index contributed by atoms with van der Waals surface area (Å²) in [4.78, 5) is 18.8. The van der Waals surface area contributed by atoms with E-state index in [1.807, 2.05) is 0 Å². The van der Waals surface area contributed by atoms with Crippen molar-refractivity contribution < 1.29 is 4.74 Å². The molecule has 3 aromatic heterocycles. The zero-order valence-corrected chi connectivity index (χ0v) is 21.0. The van der Waals surface area contributed by atoms with Crippen LogP contribution in [-0.4, -0.2) is 39.9 Å². The van der Waals surface area contributed by atoms with Crippen molar-refractivity contribution in [2.45, 2.75) is 56.9 Å². The predicted molar refractivity (Wildman–Crippen MR) is 139 cm³/mol. The minimum Gasteiger partial charge on any atom is -0.370 e. The molecular weight excluding hydrogens is 448 g/mol. The molecular formula is C26H28N4OS2. The summed E-state index contributed by atoms with van der Waals surface area (Å²) < 4.78 is 7.45. The van der Waals surface area contributed by atoms with Crippen molar-refractivity contribution in [1.82, 2.24) is 15.0 Å². The maximum atomic E-state index is 6.27. The van der Waals surface area contributed by atoms with E-state index in [0.717, 1.165) is 52.1 Å². The van der Waals surface area contributed by atoms with Crippen molar-refractivity contribution in [2.75, 3.05) is 24.2 Å². The van der Waals surface area contributed by atoms with Gasteiger partial charge in [-0.15, -0.1) is 11.3 Å². The van der Waals surface area contributed by atoms with Crippen molar-refractivity contribution in [1.29, 1.82) is 0 Å². The fraction of sp³-hybridized carbons (Fsp3) is 0.423. The van der Waals surface area contributed by atoms with E-state index < -0.39 is 0 Å². The molecule has 0 bridgehead atoms. The zero-order chi connectivity index (χ0) is 22.6. The van der Waals surface area contributed by atoms with Gasteiger partial charge in [0.2, 0.25) is 0 Å². The number of nitrogens with zero attached hydrogens (tertiary/aromatic N) is 4. The number of piperidine rings is 1. The average Bonchev–Trinajstić information content (AvgIpc) is 3.22. The second-order valence-electron chi connectivity index (χ2n) is 9.55. The van der Waals surface area contributed by atoms with E-state index in [2.05, 4.69) is 55.3 Å². The number of hydrogen-bond acceptors (Lipinski definition) is 7. The van der Waals surface area contributed by atoms with Gasteiger partial charge in [-0.05, 0) is 44.9 Å². The molecule has 1 aromatic carbocycles. The number of fused-ring (bicyclic) bond motifs is 5. The molecule has 0 spiro atoms. The lowest BCUT2D eigenvalue weighted by molar-refractivity contribution is -0.0394. The zero-order valence-electron chi connectivity index (χ0n) is 19.4. The molecule has 6 rings (SSSR count). The number of thiophene rings is 1. The van der Waals surface area contributed by atoms with Crippen LogP contribution in [0.4, 0.5) is 5.82 Å². The van der Waals surface area contributed by atoms with Gasteiger partial charge < -0.3 is 9.64 Å². The normalized spacial score (nSPS) is 18.1. The molecule has 0 aliphatic carbocycles. The minimum absolute atomic E-state index is 0.214. The van der Waals surface area contributed by atoms with Gasteiger partial charge >= 0.3 is 0 Å². The second-order valence-corrected chi connectivity index (χ2v) is 11.3. The number of ether oxygens (including phenoxy) is 1. The van der Waals surface area contributed by atoms with Crippen LogP contribution in [0.25, 0.3) is 31.7 Å². The van der Waals surface area contributed by atoms with Crippen LogP contribution in [0.3, 0.4) is 0 Å². The van der Waals surface area contributed by atoms with E-state index in [9.17, 15) is 0 Å². The number of pyridine rings is 1. The van der Waals surface area contributed by atoms with Crippen LogP contribution in [0.1, 0.15) is 44.2 Å². The minimum atomic E-state index is -0.214. The van der Waals surface area contributed by atoms with Crippen LogP contribution < -0.4 is 4.90 Å². The fourth-order valence-corrected chi connectivity index (χ4v) is 6.61. The SMILES string of the molecule is CSc1nc(N2CCCCC2)c2sc3nc(-c4ccccc4)c4c(c3c2n1)CC(C)(C)OC4. The van der Waals surface area contributed by atoms with E-state index in [1.165, 1.54) is 40.5 Å². The van der Waals surface area contributed by atoms with Crippen molar-refractivity contribution in [3.63, 3.8) is 0 Å². The molecule has 4 aromatic rings. The maximum Gasteiger partial charge on any atom is 0.189 e. The predicted octanol–water partition coefficient (Wildman–Crippen LogP) is 6.47. The van der Waals surface area contributed by atoms with E-state index in [1.54, 1.807) is 23.1 Å². The third kappa shape index (κ3) is 3.70. The molecule has 0 radical (unpaired) electrons. The molecule has 0 saturated carbocycles. The van der Waals surface area contributed by atoms with Crippen LogP contribution in [0.5, 0.6) is 0 Å². The van der Waals surface area contributed by atoms with Gasteiger partial charge in [-0.1, -0.05) is 42.1 Å². The van der Waals surface area contributed by atoms with E-state index in [0.29, 0.717) is 6.61 Å². The number of rotatable bonds is 3. The monoisotopic (exact) mass is 476 g/mol. The third-order valence-corrected chi connectivity index (χ3v) is 8.35. The summed E-state index contributed by atoms with van der Waals surface area (Å²) in [6, 6.07) is 10.5. The lowest BCUT2D eigenvalue weighted by Gasteiger charge is -2.33. The number of benzene rings is 1. The first-order valence-corrected chi connectivity index (χ1v) is 13.7. The highest BCUT2D eigenvalue weighted by Gasteiger charge is 2.32. The van der Waals surface area contributed by atoms with Gasteiger partial charge in [-0.3, -0.25) is 0 Å². The Balaban J connectivity index is 1.67.